The monoisotopic (exact) mass is 241 g/mol. The van der Waals surface area contributed by atoms with Gasteiger partial charge in [0.1, 0.15) is 6.61 Å². The van der Waals surface area contributed by atoms with Crippen molar-refractivity contribution in [1.29, 1.82) is 0 Å². The first-order valence-corrected chi connectivity index (χ1v) is 6.42. The molecule has 17 heavy (non-hydrogen) atoms. The van der Waals surface area contributed by atoms with Crippen molar-refractivity contribution in [3.8, 4) is 0 Å². The van der Waals surface area contributed by atoms with E-state index in [1.54, 1.807) is 0 Å². The number of aromatic nitrogens is 2. The van der Waals surface area contributed by atoms with Crippen LogP contribution in [0.15, 0.2) is 4.52 Å². The molecular formula is C12H23N3O2. The van der Waals surface area contributed by atoms with Gasteiger partial charge in [-0.3, -0.25) is 0 Å². The molecule has 98 valence electrons. The lowest BCUT2D eigenvalue weighted by Crippen LogP contribution is -2.30. The average Bonchev–Trinajstić information content (AvgIpc) is 2.77. The van der Waals surface area contributed by atoms with Crippen LogP contribution >= 0.6 is 0 Å². The summed E-state index contributed by atoms with van der Waals surface area (Å²) in [6.07, 6.45) is 2.84. The van der Waals surface area contributed by atoms with Crippen molar-refractivity contribution in [2.24, 2.45) is 0 Å². The van der Waals surface area contributed by atoms with Crippen molar-refractivity contribution in [2.45, 2.75) is 52.7 Å². The molecule has 0 aliphatic heterocycles. The minimum Gasteiger partial charge on any atom is -0.373 e. The second-order valence-electron chi connectivity index (χ2n) is 4.02. The molecule has 0 spiro atoms. The van der Waals surface area contributed by atoms with Crippen LogP contribution in [0.2, 0.25) is 0 Å². The van der Waals surface area contributed by atoms with E-state index in [-0.39, 0.29) is 0 Å². The number of likely N-dealkylation sites (N-methyl/N-ethyl adjacent to an activating group) is 1. The van der Waals surface area contributed by atoms with Gasteiger partial charge in [0.05, 0.1) is 0 Å². The van der Waals surface area contributed by atoms with E-state index < -0.39 is 0 Å². The van der Waals surface area contributed by atoms with E-state index in [0.29, 0.717) is 24.4 Å². The smallest absolute Gasteiger partial charge is 0.228 e. The van der Waals surface area contributed by atoms with Gasteiger partial charge in [-0.25, -0.2) is 0 Å². The first-order chi connectivity index (χ1) is 8.30. The summed E-state index contributed by atoms with van der Waals surface area (Å²) in [5.41, 5.74) is 0. The topological polar surface area (TPSA) is 60.2 Å². The molecule has 0 aromatic carbocycles. The molecule has 0 aliphatic rings. The molecule has 1 aromatic heterocycles. The van der Waals surface area contributed by atoms with Gasteiger partial charge in [-0.2, -0.15) is 4.98 Å². The normalized spacial score (nSPS) is 12.9. The number of hydrogen-bond donors (Lipinski definition) is 1. The van der Waals surface area contributed by atoms with Gasteiger partial charge >= 0.3 is 0 Å². The molecular weight excluding hydrogens is 218 g/mol. The molecule has 0 fully saturated rings. The summed E-state index contributed by atoms with van der Waals surface area (Å²) in [6, 6.07) is 0.407. The van der Waals surface area contributed by atoms with Crippen molar-refractivity contribution in [2.75, 3.05) is 13.2 Å². The zero-order valence-corrected chi connectivity index (χ0v) is 11.0. The molecule has 1 N–H and O–H groups in total. The molecule has 0 bridgehead atoms. The van der Waals surface area contributed by atoms with Crippen LogP contribution in [0.5, 0.6) is 0 Å². The SMILES string of the molecule is CCCOCc1noc(CC(CC)NCC)n1. The van der Waals surface area contributed by atoms with Crippen LogP contribution in [0.25, 0.3) is 0 Å². The molecule has 5 nitrogen and oxygen atoms in total. The molecule has 1 heterocycles. The highest BCUT2D eigenvalue weighted by molar-refractivity contribution is 4.88. The maximum Gasteiger partial charge on any atom is 0.228 e. The number of ether oxygens (including phenoxy) is 1. The third-order valence-corrected chi connectivity index (χ3v) is 2.50. The Morgan fingerprint density at radius 1 is 1.35 bits per heavy atom. The number of hydrogen-bond acceptors (Lipinski definition) is 5. The summed E-state index contributed by atoms with van der Waals surface area (Å²) < 4.78 is 10.6. The summed E-state index contributed by atoms with van der Waals surface area (Å²) in [7, 11) is 0. The first kappa shape index (κ1) is 14.1. The van der Waals surface area contributed by atoms with Crippen LogP contribution in [-0.2, 0) is 17.8 Å². The molecule has 0 amide bonds. The van der Waals surface area contributed by atoms with Gasteiger partial charge in [0.15, 0.2) is 5.82 Å². The van der Waals surface area contributed by atoms with E-state index in [2.05, 4.69) is 36.2 Å². The Labute approximate surface area is 103 Å². The average molecular weight is 241 g/mol. The second-order valence-corrected chi connectivity index (χ2v) is 4.02. The van der Waals surface area contributed by atoms with Crippen LogP contribution in [-0.4, -0.2) is 29.3 Å². The van der Waals surface area contributed by atoms with Crippen LogP contribution in [0.3, 0.4) is 0 Å². The summed E-state index contributed by atoms with van der Waals surface area (Å²) in [5, 5.41) is 7.28. The van der Waals surface area contributed by atoms with Gasteiger partial charge in [-0.15, -0.1) is 0 Å². The minimum atomic E-state index is 0.407. The molecule has 1 rings (SSSR count). The lowest BCUT2D eigenvalue weighted by Gasteiger charge is -2.12. The van der Waals surface area contributed by atoms with Gasteiger partial charge in [0, 0.05) is 19.1 Å². The molecule has 1 aromatic rings. The molecule has 1 atom stereocenters. The Balaban J connectivity index is 2.38. The zero-order valence-electron chi connectivity index (χ0n) is 11.0. The molecule has 5 heteroatoms. The first-order valence-electron chi connectivity index (χ1n) is 6.42. The maximum atomic E-state index is 5.36. The third-order valence-electron chi connectivity index (χ3n) is 2.50. The fourth-order valence-electron chi connectivity index (χ4n) is 1.60. The van der Waals surface area contributed by atoms with Gasteiger partial charge < -0.3 is 14.6 Å². The maximum absolute atomic E-state index is 5.36. The van der Waals surface area contributed by atoms with Crippen LogP contribution in [0, 0.1) is 0 Å². The molecule has 0 radical (unpaired) electrons. The summed E-state index contributed by atoms with van der Waals surface area (Å²) in [4.78, 5) is 4.31. The largest absolute Gasteiger partial charge is 0.373 e. The molecule has 0 aliphatic carbocycles. The lowest BCUT2D eigenvalue weighted by molar-refractivity contribution is 0.114. The van der Waals surface area contributed by atoms with E-state index in [9.17, 15) is 0 Å². The van der Waals surface area contributed by atoms with E-state index in [0.717, 1.165) is 32.4 Å². The Bertz CT molecular complexity index is 302. The lowest BCUT2D eigenvalue weighted by atomic mass is 10.1. The minimum absolute atomic E-state index is 0.407. The van der Waals surface area contributed by atoms with Gasteiger partial charge in [0.25, 0.3) is 0 Å². The van der Waals surface area contributed by atoms with Crippen molar-refractivity contribution in [3.05, 3.63) is 11.7 Å². The highest BCUT2D eigenvalue weighted by Gasteiger charge is 2.12. The van der Waals surface area contributed by atoms with Crippen molar-refractivity contribution in [1.82, 2.24) is 15.5 Å². The van der Waals surface area contributed by atoms with E-state index in [1.165, 1.54) is 0 Å². The van der Waals surface area contributed by atoms with Crippen LogP contribution in [0.4, 0.5) is 0 Å². The molecule has 0 saturated carbocycles. The predicted molar refractivity (Wildman–Crippen MR) is 65.7 cm³/mol. The van der Waals surface area contributed by atoms with E-state index in [4.69, 9.17) is 9.26 Å². The Kier molecular flexibility index (Phi) is 6.81. The van der Waals surface area contributed by atoms with E-state index in [1.807, 2.05) is 0 Å². The fourth-order valence-corrected chi connectivity index (χ4v) is 1.60. The van der Waals surface area contributed by atoms with Crippen molar-refractivity contribution >= 4 is 0 Å². The fraction of sp³-hybridized carbons (Fsp3) is 0.833. The highest BCUT2D eigenvalue weighted by Crippen LogP contribution is 2.05. The van der Waals surface area contributed by atoms with Gasteiger partial charge in [-0.05, 0) is 19.4 Å². The number of rotatable bonds is 9. The van der Waals surface area contributed by atoms with Crippen LogP contribution in [0.1, 0.15) is 45.3 Å². The number of nitrogens with one attached hydrogen (secondary N) is 1. The van der Waals surface area contributed by atoms with Crippen molar-refractivity contribution in [3.63, 3.8) is 0 Å². The summed E-state index contributed by atoms with van der Waals surface area (Å²) in [5.74, 6) is 1.33. The van der Waals surface area contributed by atoms with Gasteiger partial charge in [-0.1, -0.05) is 25.9 Å². The standard InChI is InChI=1S/C12H23N3O2/c1-4-7-16-9-11-14-12(17-15-11)8-10(5-2)13-6-3/h10,13H,4-9H2,1-3H3. The quantitative estimate of drug-likeness (QED) is 0.669. The Morgan fingerprint density at radius 2 is 2.18 bits per heavy atom. The number of nitrogens with zero attached hydrogens (tertiary/aromatic N) is 2. The van der Waals surface area contributed by atoms with Gasteiger partial charge in [0.2, 0.25) is 5.89 Å². The summed E-state index contributed by atoms with van der Waals surface area (Å²) >= 11 is 0. The Morgan fingerprint density at radius 3 is 2.82 bits per heavy atom. The van der Waals surface area contributed by atoms with Crippen LogP contribution < -0.4 is 5.32 Å². The van der Waals surface area contributed by atoms with Crippen molar-refractivity contribution < 1.29 is 9.26 Å². The molecule has 1 unspecified atom stereocenters. The Hall–Kier alpha value is -0.940. The van der Waals surface area contributed by atoms with E-state index >= 15 is 0 Å². The zero-order chi connectivity index (χ0) is 12.5. The summed E-state index contributed by atoms with van der Waals surface area (Å²) in [6.45, 7) is 8.45. The predicted octanol–water partition coefficient (Wildman–Crippen LogP) is 1.93. The third kappa shape index (κ3) is 5.28. The second kappa shape index (κ2) is 8.20. The highest BCUT2D eigenvalue weighted by atomic mass is 16.5. The molecule has 0 saturated heterocycles.